The number of nitrogens with zero attached hydrogens (tertiary/aromatic N) is 3. The van der Waals surface area contributed by atoms with Gasteiger partial charge in [0.15, 0.2) is 0 Å². The van der Waals surface area contributed by atoms with E-state index in [2.05, 4.69) is 57.0 Å². The van der Waals surface area contributed by atoms with E-state index in [1.165, 1.54) is 11.1 Å². The van der Waals surface area contributed by atoms with Crippen molar-refractivity contribution in [2.45, 2.75) is 32.7 Å². The van der Waals surface area contributed by atoms with Crippen LogP contribution in [0.5, 0.6) is 0 Å². The highest BCUT2D eigenvalue weighted by molar-refractivity contribution is 9.10. The van der Waals surface area contributed by atoms with E-state index in [0.717, 1.165) is 48.6 Å². The molecule has 0 fully saturated rings. The van der Waals surface area contributed by atoms with Gasteiger partial charge in [-0.3, -0.25) is 0 Å². The maximum absolute atomic E-state index is 4.70. The average Bonchev–Trinajstić information content (AvgIpc) is 2.46. The van der Waals surface area contributed by atoms with Crippen LogP contribution >= 0.6 is 15.9 Å². The number of benzene rings is 1. The van der Waals surface area contributed by atoms with Crippen molar-refractivity contribution in [1.29, 1.82) is 0 Å². The van der Waals surface area contributed by atoms with Gasteiger partial charge in [0.1, 0.15) is 16.2 Å². The molecular formula is C16H18BrN3. The fourth-order valence-electron chi connectivity index (χ4n) is 2.64. The summed E-state index contributed by atoms with van der Waals surface area (Å²) in [5.74, 6) is 1.96. The first-order chi connectivity index (χ1) is 9.76. The van der Waals surface area contributed by atoms with Crippen LogP contribution in [0.25, 0.3) is 0 Å². The highest BCUT2D eigenvalue weighted by atomic mass is 79.9. The van der Waals surface area contributed by atoms with Gasteiger partial charge in [0.2, 0.25) is 0 Å². The molecule has 20 heavy (non-hydrogen) atoms. The van der Waals surface area contributed by atoms with E-state index in [-0.39, 0.29) is 0 Å². The minimum atomic E-state index is 0.879. The fraction of sp³-hybridized carbons (Fsp3) is 0.375. The quantitative estimate of drug-likeness (QED) is 0.802. The summed E-state index contributed by atoms with van der Waals surface area (Å²) < 4.78 is 0.879. The lowest BCUT2D eigenvalue weighted by Crippen LogP contribution is -2.31. The van der Waals surface area contributed by atoms with Crippen molar-refractivity contribution in [1.82, 2.24) is 9.97 Å². The maximum atomic E-state index is 4.70. The van der Waals surface area contributed by atoms with E-state index in [4.69, 9.17) is 4.98 Å². The molecule has 3 rings (SSSR count). The second-order valence-corrected chi connectivity index (χ2v) is 5.97. The molecule has 1 aromatic carbocycles. The average molecular weight is 332 g/mol. The van der Waals surface area contributed by atoms with Crippen LogP contribution in [0, 0.1) is 0 Å². The van der Waals surface area contributed by atoms with Gasteiger partial charge in [-0.15, -0.1) is 0 Å². The number of anilines is 1. The van der Waals surface area contributed by atoms with Crippen LogP contribution in [-0.4, -0.2) is 16.5 Å². The molecule has 104 valence electrons. The predicted octanol–water partition coefficient (Wildman–Crippen LogP) is 3.75. The standard InChI is InChI=1S/C16H18BrN3/c1-2-5-15-18-14(17)10-16(19-15)20-9-8-12-6-3-4-7-13(12)11-20/h3-4,6-7,10H,2,5,8-9,11H2,1H3. The molecule has 0 saturated carbocycles. The van der Waals surface area contributed by atoms with Crippen molar-refractivity contribution in [2.24, 2.45) is 0 Å². The Balaban J connectivity index is 1.87. The zero-order valence-electron chi connectivity index (χ0n) is 11.6. The minimum Gasteiger partial charge on any atom is -0.352 e. The third-order valence-electron chi connectivity index (χ3n) is 3.66. The van der Waals surface area contributed by atoms with Crippen LogP contribution in [0.1, 0.15) is 30.3 Å². The number of aryl methyl sites for hydroxylation is 1. The third kappa shape index (κ3) is 2.85. The van der Waals surface area contributed by atoms with Gasteiger partial charge < -0.3 is 4.90 Å². The summed E-state index contributed by atoms with van der Waals surface area (Å²) in [6.07, 6.45) is 3.08. The van der Waals surface area contributed by atoms with Crippen molar-refractivity contribution >= 4 is 21.7 Å². The van der Waals surface area contributed by atoms with E-state index in [0.29, 0.717) is 0 Å². The summed E-state index contributed by atoms with van der Waals surface area (Å²) in [5.41, 5.74) is 2.87. The van der Waals surface area contributed by atoms with Crippen molar-refractivity contribution < 1.29 is 0 Å². The third-order valence-corrected chi connectivity index (χ3v) is 4.06. The Morgan fingerprint density at radius 1 is 1.20 bits per heavy atom. The molecule has 0 saturated heterocycles. The molecule has 0 unspecified atom stereocenters. The van der Waals surface area contributed by atoms with Crippen molar-refractivity contribution in [2.75, 3.05) is 11.4 Å². The van der Waals surface area contributed by atoms with Gasteiger partial charge in [0, 0.05) is 25.6 Å². The van der Waals surface area contributed by atoms with Gasteiger partial charge in [0.25, 0.3) is 0 Å². The van der Waals surface area contributed by atoms with E-state index in [1.54, 1.807) is 0 Å². The van der Waals surface area contributed by atoms with Crippen LogP contribution in [-0.2, 0) is 19.4 Å². The van der Waals surface area contributed by atoms with Crippen molar-refractivity contribution in [3.63, 3.8) is 0 Å². The Morgan fingerprint density at radius 3 is 2.80 bits per heavy atom. The van der Waals surface area contributed by atoms with Crippen LogP contribution in [0.2, 0.25) is 0 Å². The Labute approximate surface area is 128 Å². The van der Waals surface area contributed by atoms with Crippen LogP contribution < -0.4 is 4.90 Å². The normalized spacial score (nSPS) is 14.2. The molecule has 0 N–H and O–H groups in total. The molecule has 4 heteroatoms. The summed E-state index contributed by atoms with van der Waals surface area (Å²) in [6.45, 7) is 4.11. The van der Waals surface area contributed by atoms with Gasteiger partial charge in [-0.05, 0) is 39.9 Å². The monoisotopic (exact) mass is 331 g/mol. The Morgan fingerprint density at radius 2 is 2.00 bits per heavy atom. The molecule has 0 atom stereocenters. The number of halogens is 1. The van der Waals surface area contributed by atoms with E-state index >= 15 is 0 Å². The number of hydrogen-bond acceptors (Lipinski definition) is 3. The molecule has 2 heterocycles. The van der Waals surface area contributed by atoms with Crippen molar-refractivity contribution in [3.05, 3.63) is 51.9 Å². The van der Waals surface area contributed by atoms with Gasteiger partial charge in [-0.25, -0.2) is 9.97 Å². The van der Waals surface area contributed by atoms with E-state index in [9.17, 15) is 0 Å². The lowest BCUT2D eigenvalue weighted by atomic mass is 10.00. The summed E-state index contributed by atoms with van der Waals surface area (Å²) in [4.78, 5) is 11.5. The molecule has 3 nitrogen and oxygen atoms in total. The molecule has 0 aliphatic carbocycles. The van der Waals surface area contributed by atoms with E-state index < -0.39 is 0 Å². The SMILES string of the molecule is CCCc1nc(Br)cc(N2CCc3ccccc3C2)n1. The predicted molar refractivity (Wildman–Crippen MR) is 84.9 cm³/mol. The summed E-state index contributed by atoms with van der Waals surface area (Å²) >= 11 is 3.50. The Kier molecular flexibility index (Phi) is 4.01. The summed E-state index contributed by atoms with van der Waals surface area (Å²) in [5, 5.41) is 0. The second-order valence-electron chi connectivity index (χ2n) is 5.16. The first-order valence-electron chi connectivity index (χ1n) is 7.11. The lowest BCUT2D eigenvalue weighted by molar-refractivity contribution is 0.710. The molecule has 0 amide bonds. The molecule has 1 aliphatic rings. The van der Waals surface area contributed by atoms with Crippen LogP contribution in [0.4, 0.5) is 5.82 Å². The number of aromatic nitrogens is 2. The number of fused-ring (bicyclic) bond motifs is 1. The van der Waals surface area contributed by atoms with Crippen LogP contribution in [0.15, 0.2) is 34.9 Å². The molecule has 0 radical (unpaired) electrons. The first kappa shape index (κ1) is 13.6. The smallest absolute Gasteiger partial charge is 0.133 e. The van der Waals surface area contributed by atoms with Gasteiger partial charge >= 0.3 is 0 Å². The van der Waals surface area contributed by atoms with Crippen molar-refractivity contribution in [3.8, 4) is 0 Å². The Bertz CT molecular complexity index is 612. The molecular weight excluding hydrogens is 314 g/mol. The summed E-state index contributed by atoms with van der Waals surface area (Å²) in [6, 6.07) is 10.7. The van der Waals surface area contributed by atoms with Crippen LogP contribution in [0.3, 0.4) is 0 Å². The topological polar surface area (TPSA) is 29.0 Å². The molecule has 1 aromatic heterocycles. The fourth-order valence-corrected chi connectivity index (χ4v) is 3.05. The van der Waals surface area contributed by atoms with Gasteiger partial charge in [-0.2, -0.15) is 0 Å². The van der Waals surface area contributed by atoms with E-state index in [1.807, 2.05) is 6.07 Å². The summed E-state index contributed by atoms with van der Waals surface area (Å²) in [7, 11) is 0. The maximum Gasteiger partial charge on any atom is 0.133 e. The first-order valence-corrected chi connectivity index (χ1v) is 7.90. The molecule has 2 aromatic rings. The van der Waals surface area contributed by atoms with Gasteiger partial charge in [0.05, 0.1) is 0 Å². The highest BCUT2D eigenvalue weighted by Crippen LogP contribution is 2.24. The lowest BCUT2D eigenvalue weighted by Gasteiger charge is -2.30. The highest BCUT2D eigenvalue weighted by Gasteiger charge is 2.18. The minimum absolute atomic E-state index is 0.879. The number of hydrogen-bond donors (Lipinski definition) is 0. The zero-order chi connectivity index (χ0) is 13.9. The largest absolute Gasteiger partial charge is 0.352 e. The zero-order valence-corrected chi connectivity index (χ0v) is 13.2. The molecule has 1 aliphatic heterocycles. The van der Waals surface area contributed by atoms with Gasteiger partial charge in [-0.1, -0.05) is 31.2 Å². The Hall–Kier alpha value is -1.42. The second kappa shape index (κ2) is 5.92. The number of rotatable bonds is 3. The molecule has 0 bridgehead atoms. The molecule has 0 spiro atoms.